The summed E-state index contributed by atoms with van der Waals surface area (Å²) < 4.78 is 0. The summed E-state index contributed by atoms with van der Waals surface area (Å²) >= 11 is 13.6. The highest BCUT2D eigenvalue weighted by atomic mass is 35.5. The summed E-state index contributed by atoms with van der Waals surface area (Å²) in [5, 5.41) is 1.28. The highest BCUT2D eigenvalue weighted by Gasteiger charge is 1.98. The van der Waals surface area contributed by atoms with Crippen LogP contribution in [0.1, 0.15) is 18.9 Å². The Morgan fingerprint density at radius 1 is 1.23 bits per heavy atom. The molecule has 13 heavy (non-hydrogen) atoms. The molecule has 0 amide bonds. The maximum Gasteiger partial charge on any atom is 0.0595 e. The summed E-state index contributed by atoms with van der Waals surface area (Å²) in [6, 6.07) is 5.81. The number of hydrogen-bond acceptors (Lipinski definition) is 1. The minimum absolute atomic E-state index is 0.630. The minimum atomic E-state index is 0.630. The molecule has 0 unspecified atom stereocenters. The van der Waals surface area contributed by atoms with Crippen LogP contribution in [0, 0.1) is 0 Å². The first-order chi connectivity index (χ1) is 6.24. The molecule has 0 aliphatic rings. The number of hydrogen-bond donors (Lipinski definition) is 0. The van der Waals surface area contributed by atoms with Gasteiger partial charge in [0, 0.05) is 5.75 Å². The van der Waals surface area contributed by atoms with Gasteiger partial charge in [-0.1, -0.05) is 36.2 Å². The molecule has 0 nitrogen and oxygen atoms in total. The van der Waals surface area contributed by atoms with E-state index < -0.39 is 0 Å². The van der Waals surface area contributed by atoms with E-state index in [-0.39, 0.29) is 0 Å². The third-order valence-electron chi connectivity index (χ3n) is 1.60. The second-order valence-corrected chi connectivity index (χ2v) is 4.72. The summed E-state index contributed by atoms with van der Waals surface area (Å²) in [4.78, 5) is 0. The lowest BCUT2D eigenvalue weighted by Crippen LogP contribution is -1.82. The Kier molecular flexibility index (Phi) is 5.00. The zero-order chi connectivity index (χ0) is 9.68. The van der Waals surface area contributed by atoms with E-state index in [4.69, 9.17) is 23.2 Å². The van der Waals surface area contributed by atoms with E-state index in [1.807, 2.05) is 30.0 Å². The average Bonchev–Trinajstić information content (AvgIpc) is 2.12. The van der Waals surface area contributed by atoms with E-state index in [0.717, 1.165) is 5.75 Å². The molecule has 1 aromatic rings. The molecule has 0 N–H and O–H groups in total. The van der Waals surface area contributed by atoms with Crippen LogP contribution in [0.25, 0.3) is 0 Å². The number of benzene rings is 1. The SMILES string of the molecule is CCCSCc1ccc(Cl)c(Cl)c1. The Morgan fingerprint density at radius 3 is 2.62 bits per heavy atom. The summed E-state index contributed by atoms with van der Waals surface area (Å²) in [5.41, 5.74) is 1.24. The molecule has 0 spiro atoms. The van der Waals surface area contributed by atoms with Gasteiger partial charge in [0.25, 0.3) is 0 Å². The van der Waals surface area contributed by atoms with E-state index >= 15 is 0 Å². The number of rotatable bonds is 4. The van der Waals surface area contributed by atoms with E-state index in [2.05, 4.69) is 6.92 Å². The standard InChI is InChI=1S/C10H12Cl2S/c1-2-5-13-7-8-3-4-9(11)10(12)6-8/h3-4,6H,2,5,7H2,1H3. The maximum absolute atomic E-state index is 5.89. The molecule has 0 bridgehead atoms. The second-order valence-electron chi connectivity index (χ2n) is 2.80. The first-order valence-corrected chi connectivity index (χ1v) is 6.16. The van der Waals surface area contributed by atoms with Crippen molar-refractivity contribution < 1.29 is 0 Å². The molecule has 0 heterocycles. The fourth-order valence-electron chi connectivity index (χ4n) is 0.964. The molecule has 0 radical (unpaired) electrons. The summed E-state index contributed by atoms with van der Waals surface area (Å²) in [7, 11) is 0. The highest BCUT2D eigenvalue weighted by Crippen LogP contribution is 2.24. The maximum atomic E-state index is 5.89. The molecular weight excluding hydrogens is 223 g/mol. The molecule has 0 saturated heterocycles. The van der Waals surface area contributed by atoms with Gasteiger partial charge in [-0.05, 0) is 29.9 Å². The smallest absolute Gasteiger partial charge is 0.0595 e. The van der Waals surface area contributed by atoms with Crippen molar-refractivity contribution in [3.05, 3.63) is 33.8 Å². The summed E-state index contributed by atoms with van der Waals surface area (Å²) in [5.74, 6) is 2.21. The van der Waals surface area contributed by atoms with Gasteiger partial charge >= 0.3 is 0 Å². The first kappa shape index (κ1) is 11.2. The van der Waals surface area contributed by atoms with Crippen LogP contribution in [0.15, 0.2) is 18.2 Å². The molecule has 0 atom stereocenters. The predicted octanol–water partition coefficient (Wildman–Crippen LogP) is 4.64. The van der Waals surface area contributed by atoms with Crippen LogP contribution >= 0.6 is 35.0 Å². The molecule has 0 aliphatic heterocycles. The van der Waals surface area contributed by atoms with Crippen molar-refractivity contribution in [1.82, 2.24) is 0 Å². The molecule has 3 heteroatoms. The monoisotopic (exact) mass is 234 g/mol. The van der Waals surface area contributed by atoms with Gasteiger partial charge in [0.05, 0.1) is 10.0 Å². The van der Waals surface area contributed by atoms with Crippen molar-refractivity contribution in [1.29, 1.82) is 0 Å². The molecule has 0 fully saturated rings. The lowest BCUT2D eigenvalue weighted by atomic mass is 10.2. The van der Waals surface area contributed by atoms with Crippen molar-refractivity contribution in [2.45, 2.75) is 19.1 Å². The van der Waals surface area contributed by atoms with Gasteiger partial charge < -0.3 is 0 Å². The van der Waals surface area contributed by atoms with Gasteiger partial charge in [-0.2, -0.15) is 11.8 Å². The van der Waals surface area contributed by atoms with Crippen molar-refractivity contribution in [3.63, 3.8) is 0 Å². The van der Waals surface area contributed by atoms with Crippen LogP contribution in [-0.2, 0) is 5.75 Å². The van der Waals surface area contributed by atoms with Gasteiger partial charge in [0.2, 0.25) is 0 Å². The Hall–Kier alpha value is 0.150. The Bertz CT molecular complexity index is 274. The summed E-state index contributed by atoms with van der Waals surface area (Å²) in [6.45, 7) is 2.18. The molecule has 1 aromatic carbocycles. The molecule has 1 rings (SSSR count). The zero-order valence-corrected chi connectivity index (χ0v) is 9.85. The average molecular weight is 235 g/mol. The van der Waals surface area contributed by atoms with E-state index in [0.29, 0.717) is 10.0 Å². The number of thioether (sulfide) groups is 1. The van der Waals surface area contributed by atoms with Crippen LogP contribution in [0.5, 0.6) is 0 Å². The summed E-state index contributed by atoms with van der Waals surface area (Å²) in [6.07, 6.45) is 1.21. The molecule has 0 aliphatic carbocycles. The van der Waals surface area contributed by atoms with Crippen LogP contribution in [0.3, 0.4) is 0 Å². The van der Waals surface area contributed by atoms with Crippen molar-refractivity contribution in [3.8, 4) is 0 Å². The normalized spacial score (nSPS) is 10.4. The second kappa shape index (κ2) is 5.79. The van der Waals surface area contributed by atoms with Crippen LogP contribution in [0.2, 0.25) is 10.0 Å². The molecular formula is C10H12Cl2S. The van der Waals surface area contributed by atoms with E-state index in [1.165, 1.54) is 17.7 Å². The third-order valence-corrected chi connectivity index (χ3v) is 3.57. The van der Waals surface area contributed by atoms with Crippen molar-refractivity contribution in [2.24, 2.45) is 0 Å². The van der Waals surface area contributed by atoms with Crippen LogP contribution in [0.4, 0.5) is 0 Å². The predicted molar refractivity (Wildman–Crippen MR) is 62.9 cm³/mol. The fourth-order valence-corrected chi connectivity index (χ4v) is 2.13. The van der Waals surface area contributed by atoms with Crippen LogP contribution in [-0.4, -0.2) is 5.75 Å². The zero-order valence-electron chi connectivity index (χ0n) is 7.52. The minimum Gasteiger partial charge on any atom is -0.157 e. The molecule has 0 saturated carbocycles. The van der Waals surface area contributed by atoms with Gasteiger partial charge in [-0.15, -0.1) is 0 Å². The quantitative estimate of drug-likeness (QED) is 0.685. The fraction of sp³-hybridized carbons (Fsp3) is 0.400. The van der Waals surface area contributed by atoms with Gasteiger partial charge in [-0.25, -0.2) is 0 Å². The van der Waals surface area contributed by atoms with Crippen LogP contribution < -0.4 is 0 Å². The first-order valence-electron chi connectivity index (χ1n) is 4.25. The van der Waals surface area contributed by atoms with Crippen molar-refractivity contribution in [2.75, 3.05) is 5.75 Å². The van der Waals surface area contributed by atoms with Gasteiger partial charge in [-0.3, -0.25) is 0 Å². The Morgan fingerprint density at radius 2 is 2.00 bits per heavy atom. The van der Waals surface area contributed by atoms with E-state index in [9.17, 15) is 0 Å². The van der Waals surface area contributed by atoms with Gasteiger partial charge in [0.1, 0.15) is 0 Å². The van der Waals surface area contributed by atoms with E-state index in [1.54, 1.807) is 0 Å². The number of halogens is 2. The van der Waals surface area contributed by atoms with Crippen molar-refractivity contribution >= 4 is 35.0 Å². The molecule has 72 valence electrons. The molecule has 0 aromatic heterocycles. The lowest BCUT2D eigenvalue weighted by Gasteiger charge is -2.02. The Balaban J connectivity index is 2.53. The van der Waals surface area contributed by atoms with Gasteiger partial charge in [0.15, 0.2) is 0 Å². The lowest BCUT2D eigenvalue weighted by molar-refractivity contribution is 1.10. The highest BCUT2D eigenvalue weighted by molar-refractivity contribution is 7.98. The largest absolute Gasteiger partial charge is 0.157 e. The topological polar surface area (TPSA) is 0 Å². The Labute approximate surface area is 93.6 Å². The third kappa shape index (κ3) is 3.80.